The van der Waals surface area contributed by atoms with Crippen LogP contribution in [-0.2, 0) is 11.3 Å². The van der Waals surface area contributed by atoms with Crippen LogP contribution in [0.4, 0.5) is 11.8 Å². The molecule has 146 valence electrons. The van der Waals surface area contributed by atoms with Gasteiger partial charge in [-0.1, -0.05) is 29.3 Å². The molecule has 0 aliphatic carbocycles. The molecule has 2 aromatic heterocycles. The average Bonchev–Trinajstić information content (AvgIpc) is 3.21. The fourth-order valence-electron chi connectivity index (χ4n) is 2.38. The highest BCUT2D eigenvalue weighted by Crippen LogP contribution is 2.20. The highest BCUT2D eigenvalue weighted by molar-refractivity contribution is 6.35. The van der Waals surface area contributed by atoms with Crippen molar-refractivity contribution in [3.63, 3.8) is 0 Å². The molecular formula is C18H19Cl2N7O. The van der Waals surface area contributed by atoms with Gasteiger partial charge in [0.25, 0.3) is 0 Å². The number of hydrogen-bond acceptors (Lipinski definition) is 6. The van der Waals surface area contributed by atoms with Crippen molar-refractivity contribution in [2.24, 2.45) is 0 Å². The van der Waals surface area contributed by atoms with Crippen LogP contribution in [0.1, 0.15) is 12.5 Å². The van der Waals surface area contributed by atoms with E-state index in [0.717, 1.165) is 5.56 Å². The molecule has 0 unspecified atom stereocenters. The Morgan fingerprint density at radius 3 is 2.75 bits per heavy atom. The topological polar surface area (TPSA) is 96.8 Å². The van der Waals surface area contributed by atoms with Crippen molar-refractivity contribution in [1.29, 1.82) is 0 Å². The Labute approximate surface area is 172 Å². The molecule has 0 atom stereocenters. The number of amides is 1. The molecule has 28 heavy (non-hydrogen) atoms. The van der Waals surface area contributed by atoms with Crippen LogP contribution in [0.15, 0.2) is 43.0 Å². The predicted molar refractivity (Wildman–Crippen MR) is 110 cm³/mol. The number of halogens is 2. The molecule has 3 rings (SSSR count). The monoisotopic (exact) mass is 419 g/mol. The first-order chi connectivity index (χ1) is 13.5. The lowest BCUT2D eigenvalue weighted by molar-refractivity contribution is -0.119. The van der Waals surface area contributed by atoms with Crippen LogP contribution in [0.3, 0.4) is 0 Å². The maximum absolute atomic E-state index is 12.2. The van der Waals surface area contributed by atoms with E-state index in [4.69, 9.17) is 23.2 Å². The third-order valence-corrected chi connectivity index (χ3v) is 4.32. The first-order valence-corrected chi connectivity index (χ1v) is 9.36. The molecule has 0 aliphatic heterocycles. The molecule has 8 nitrogen and oxygen atoms in total. The largest absolute Gasteiger partial charge is 0.361 e. The molecule has 0 fully saturated rings. The first kappa shape index (κ1) is 19.9. The first-order valence-electron chi connectivity index (χ1n) is 8.61. The Morgan fingerprint density at radius 1 is 1.18 bits per heavy atom. The normalized spacial score (nSPS) is 10.5. The lowest BCUT2D eigenvalue weighted by atomic mass is 10.2. The van der Waals surface area contributed by atoms with E-state index in [-0.39, 0.29) is 12.5 Å². The number of imidazole rings is 1. The summed E-state index contributed by atoms with van der Waals surface area (Å²) in [5, 5.41) is 9.96. The molecule has 3 N–H and O–H groups in total. The summed E-state index contributed by atoms with van der Waals surface area (Å²) in [5.74, 6) is 1.43. The van der Waals surface area contributed by atoms with Crippen molar-refractivity contribution in [2.45, 2.75) is 13.5 Å². The molecular weight excluding hydrogens is 401 g/mol. The smallest absolute Gasteiger partial charge is 0.239 e. The van der Waals surface area contributed by atoms with Gasteiger partial charge in [0.2, 0.25) is 11.9 Å². The second-order valence-electron chi connectivity index (χ2n) is 5.80. The molecule has 0 bridgehead atoms. The molecule has 0 spiro atoms. The Balaban J connectivity index is 1.62. The molecule has 10 heteroatoms. The summed E-state index contributed by atoms with van der Waals surface area (Å²) < 4.78 is 1.76. The number of nitrogens with one attached hydrogen (secondary N) is 3. The fourth-order valence-corrected chi connectivity index (χ4v) is 2.86. The van der Waals surface area contributed by atoms with E-state index in [9.17, 15) is 4.79 Å². The van der Waals surface area contributed by atoms with Crippen LogP contribution >= 0.6 is 23.2 Å². The van der Waals surface area contributed by atoms with E-state index in [1.807, 2.05) is 6.92 Å². The highest BCUT2D eigenvalue weighted by Gasteiger charge is 2.09. The SMILES string of the molecule is CCNc1nc(NCC(=O)NCc2ccc(Cl)cc2Cl)cc(-n2ccnc2)n1. The van der Waals surface area contributed by atoms with E-state index in [2.05, 4.69) is 30.9 Å². The lowest BCUT2D eigenvalue weighted by Crippen LogP contribution is -2.29. The average molecular weight is 420 g/mol. The van der Waals surface area contributed by atoms with Crippen LogP contribution < -0.4 is 16.0 Å². The van der Waals surface area contributed by atoms with E-state index in [0.29, 0.717) is 40.7 Å². The fraction of sp³-hybridized carbons (Fsp3) is 0.222. The maximum atomic E-state index is 12.2. The van der Waals surface area contributed by atoms with Crippen molar-refractivity contribution in [3.8, 4) is 5.82 Å². The summed E-state index contributed by atoms with van der Waals surface area (Å²) in [7, 11) is 0. The molecule has 0 aliphatic rings. The van der Waals surface area contributed by atoms with Gasteiger partial charge in [0.1, 0.15) is 18.0 Å². The summed E-state index contributed by atoms with van der Waals surface area (Å²) in [4.78, 5) is 25.0. The lowest BCUT2D eigenvalue weighted by Gasteiger charge is -2.11. The standard InChI is InChI=1S/C18H19Cl2N7O/c1-2-22-18-25-15(8-16(26-18)27-6-5-21-11-27)23-10-17(28)24-9-12-3-4-13(19)7-14(12)20/h3-8,11H,2,9-10H2,1H3,(H,24,28)(H2,22,23,25,26). The van der Waals surface area contributed by atoms with E-state index in [1.54, 1.807) is 47.6 Å². The van der Waals surface area contributed by atoms with Crippen LogP contribution in [0, 0.1) is 0 Å². The molecule has 0 saturated carbocycles. The van der Waals surface area contributed by atoms with E-state index >= 15 is 0 Å². The van der Waals surface area contributed by atoms with Crippen LogP contribution in [0.25, 0.3) is 5.82 Å². The molecule has 0 saturated heterocycles. The minimum atomic E-state index is -0.196. The third kappa shape index (κ3) is 5.34. The Morgan fingerprint density at radius 2 is 2.04 bits per heavy atom. The van der Waals surface area contributed by atoms with Gasteiger partial charge in [-0.2, -0.15) is 9.97 Å². The number of nitrogens with zero attached hydrogens (tertiary/aromatic N) is 4. The van der Waals surface area contributed by atoms with Crippen LogP contribution in [0.5, 0.6) is 0 Å². The number of benzene rings is 1. The van der Waals surface area contributed by atoms with Gasteiger partial charge >= 0.3 is 0 Å². The van der Waals surface area contributed by atoms with Crippen molar-refractivity contribution < 1.29 is 4.79 Å². The predicted octanol–water partition coefficient (Wildman–Crippen LogP) is 3.13. The van der Waals surface area contributed by atoms with Gasteiger partial charge in [-0.15, -0.1) is 0 Å². The number of aromatic nitrogens is 4. The number of rotatable bonds is 8. The van der Waals surface area contributed by atoms with Gasteiger partial charge in [-0.05, 0) is 24.6 Å². The van der Waals surface area contributed by atoms with Crippen molar-refractivity contribution in [3.05, 3.63) is 58.6 Å². The summed E-state index contributed by atoms with van der Waals surface area (Å²) >= 11 is 12.0. The zero-order valence-electron chi connectivity index (χ0n) is 15.1. The molecule has 3 aromatic rings. The van der Waals surface area contributed by atoms with Gasteiger partial charge in [0, 0.05) is 41.6 Å². The zero-order valence-corrected chi connectivity index (χ0v) is 16.6. The second kappa shape index (κ2) is 9.38. The van der Waals surface area contributed by atoms with Gasteiger partial charge in [0.15, 0.2) is 0 Å². The number of carbonyl (C=O) groups is 1. The second-order valence-corrected chi connectivity index (χ2v) is 6.64. The van der Waals surface area contributed by atoms with Gasteiger partial charge in [-0.3, -0.25) is 9.36 Å². The zero-order chi connectivity index (χ0) is 19.9. The minimum absolute atomic E-state index is 0.0527. The number of hydrogen-bond donors (Lipinski definition) is 3. The summed E-state index contributed by atoms with van der Waals surface area (Å²) in [6.07, 6.45) is 5.09. The van der Waals surface area contributed by atoms with Crippen molar-refractivity contribution in [1.82, 2.24) is 24.8 Å². The highest BCUT2D eigenvalue weighted by atomic mass is 35.5. The maximum Gasteiger partial charge on any atom is 0.239 e. The summed E-state index contributed by atoms with van der Waals surface area (Å²) in [5.41, 5.74) is 0.790. The Hall–Kier alpha value is -2.84. The molecule has 2 heterocycles. The number of anilines is 2. The molecule has 0 radical (unpaired) electrons. The quantitative estimate of drug-likeness (QED) is 0.518. The van der Waals surface area contributed by atoms with E-state index < -0.39 is 0 Å². The van der Waals surface area contributed by atoms with Crippen LogP contribution in [-0.4, -0.2) is 38.5 Å². The van der Waals surface area contributed by atoms with E-state index in [1.165, 1.54) is 0 Å². The minimum Gasteiger partial charge on any atom is -0.361 e. The van der Waals surface area contributed by atoms with Crippen molar-refractivity contribution in [2.75, 3.05) is 23.7 Å². The Kier molecular flexibility index (Phi) is 6.67. The van der Waals surface area contributed by atoms with Gasteiger partial charge in [0.05, 0.1) is 6.54 Å². The number of carbonyl (C=O) groups excluding carboxylic acids is 1. The van der Waals surface area contributed by atoms with Gasteiger partial charge in [-0.25, -0.2) is 4.98 Å². The molecule has 1 amide bonds. The van der Waals surface area contributed by atoms with Crippen molar-refractivity contribution >= 4 is 40.9 Å². The third-order valence-electron chi connectivity index (χ3n) is 3.74. The molecule has 1 aromatic carbocycles. The van der Waals surface area contributed by atoms with Gasteiger partial charge < -0.3 is 16.0 Å². The summed E-state index contributed by atoms with van der Waals surface area (Å²) in [6, 6.07) is 6.90. The summed E-state index contributed by atoms with van der Waals surface area (Å²) in [6.45, 7) is 2.99. The van der Waals surface area contributed by atoms with Crippen LogP contribution in [0.2, 0.25) is 10.0 Å². The Bertz CT molecular complexity index is 947.